The van der Waals surface area contributed by atoms with E-state index in [2.05, 4.69) is 5.43 Å². The predicted octanol–water partition coefficient (Wildman–Crippen LogP) is 5.70. The first-order valence-electron chi connectivity index (χ1n) is 9.73. The van der Waals surface area contributed by atoms with E-state index in [9.17, 15) is 9.59 Å². The lowest BCUT2D eigenvalue weighted by Crippen LogP contribution is -2.35. The molecule has 3 aromatic carbocycles. The molecule has 0 radical (unpaired) electrons. The van der Waals surface area contributed by atoms with Crippen molar-refractivity contribution < 1.29 is 19.1 Å². The number of carbonyl (C=O) groups is 2. The summed E-state index contributed by atoms with van der Waals surface area (Å²) in [6, 6.07) is 16.9. The van der Waals surface area contributed by atoms with Crippen LogP contribution < -0.4 is 19.9 Å². The number of ether oxygens (including phenoxy) is 2. The quantitative estimate of drug-likeness (QED) is 0.346. The van der Waals surface area contributed by atoms with Gasteiger partial charge < -0.3 is 9.47 Å². The highest BCUT2D eigenvalue weighted by Gasteiger charge is 2.34. The van der Waals surface area contributed by atoms with Gasteiger partial charge in [-0.1, -0.05) is 53.0 Å². The van der Waals surface area contributed by atoms with Gasteiger partial charge in [0.25, 0.3) is 11.8 Å². The van der Waals surface area contributed by atoms with E-state index >= 15 is 0 Å². The second-order valence-electron chi connectivity index (χ2n) is 7.05. The highest BCUT2D eigenvalue weighted by atomic mass is 35.5. The van der Waals surface area contributed by atoms with Gasteiger partial charge in [0.2, 0.25) is 0 Å². The molecule has 33 heavy (non-hydrogen) atoms. The van der Waals surface area contributed by atoms with Crippen LogP contribution in [0.4, 0.5) is 5.69 Å². The van der Waals surface area contributed by atoms with E-state index in [0.717, 1.165) is 10.6 Å². The number of nitrogens with zero attached hydrogens (tertiary/aromatic N) is 1. The number of nitrogens with one attached hydrogen (secondary N) is 1. The number of amides is 2. The van der Waals surface area contributed by atoms with Crippen molar-refractivity contribution in [2.24, 2.45) is 0 Å². The highest BCUT2D eigenvalue weighted by Crippen LogP contribution is 2.32. The van der Waals surface area contributed by atoms with Crippen molar-refractivity contribution in [1.82, 2.24) is 5.43 Å². The largest absolute Gasteiger partial charge is 0.493 e. The maximum atomic E-state index is 12.8. The van der Waals surface area contributed by atoms with E-state index in [-0.39, 0.29) is 12.2 Å². The zero-order valence-corrected chi connectivity index (χ0v) is 19.5. The van der Waals surface area contributed by atoms with E-state index in [0.29, 0.717) is 37.8 Å². The fraction of sp³-hybridized carbons (Fsp3) is 0.0833. The molecule has 1 saturated heterocycles. The van der Waals surface area contributed by atoms with Crippen molar-refractivity contribution in [1.29, 1.82) is 0 Å². The minimum Gasteiger partial charge on any atom is -0.493 e. The molecule has 9 heteroatoms. The third-order valence-electron chi connectivity index (χ3n) is 4.85. The van der Waals surface area contributed by atoms with Crippen molar-refractivity contribution in [2.45, 2.75) is 6.61 Å². The average molecular weight is 504 g/mol. The second-order valence-corrected chi connectivity index (χ2v) is 8.33. The maximum Gasteiger partial charge on any atom is 0.282 e. The molecule has 0 saturated carbocycles. The van der Waals surface area contributed by atoms with Crippen LogP contribution in [0.3, 0.4) is 0 Å². The molecular formula is C24H17Cl3N2O4. The summed E-state index contributed by atoms with van der Waals surface area (Å²) in [6.45, 7) is 0.211. The molecule has 4 rings (SSSR count). The number of hydrogen-bond acceptors (Lipinski definition) is 4. The number of rotatable bonds is 6. The zero-order valence-electron chi connectivity index (χ0n) is 17.3. The van der Waals surface area contributed by atoms with Gasteiger partial charge in [-0.2, -0.15) is 0 Å². The van der Waals surface area contributed by atoms with Gasteiger partial charge in [-0.15, -0.1) is 0 Å². The highest BCUT2D eigenvalue weighted by molar-refractivity contribution is 6.35. The molecule has 3 aromatic rings. The molecule has 2 amide bonds. The Morgan fingerprint density at radius 2 is 1.73 bits per heavy atom. The van der Waals surface area contributed by atoms with Crippen LogP contribution in [-0.2, 0) is 16.2 Å². The Balaban J connectivity index is 1.54. The number of benzene rings is 3. The third kappa shape index (κ3) is 5.09. The Kier molecular flexibility index (Phi) is 6.79. The van der Waals surface area contributed by atoms with E-state index in [1.54, 1.807) is 60.7 Å². The molecule has 1 fully saturated rings. The van der Waals surface area contributed by atoms with Gasteiger partial charge in [0.15, 0.2) is 11.5 Å². The van der Waals surface area contributed by atoms with Gasteiger partial charge in [0.05, 0.1) is 12.8 Å². The first kappa shape index (κ1) is 23.0. The molecule has 1 N–H and O–H groups in total. The number of halogens is 3. The van der Waals surface area contributed by atoms with Gasteiger partial charge in [-0.3, -0.25) is 15.0 Å². The molecule has 6 nitrogen and oxygen atoms in total. The fourth-order valence-electron chi connectivity index (χ4n) is 3.21. The van der Waals surface area contributed by atoms with Crippen LogP contribution in [0.2, 0.25) is 15.1 Å². The van der Waals surface area contributed by atoms with Crippen LogP contribution in [0.15, 0.2) is 66.2 Å². The summed E-state index contributed by atoms with van der Waals surface area (Å²) in [7, 11) is 1.50. The first-order chi connectivity index (χ1) is 15.9. The summed E-state index contributed by atoms with van der Waals surface area (Å²) in [6.07, 6.45) is 1.49. The van der Waals surface area contributed by atoms with Gasteiger partial charge >= 0.3 is 0 Å². The summed E-state index contributed by atoms with van der Waals surface area (Å²) in [5.41, 5.74) is 4.35. The summed E-state index contributed by atoms with van der Waals surface area (Å²) < 4.78 is 11.3. The Bertz CT molecular complexity index is 1280. The Morgan fingerprint density at radius 3 is 2.45 bits per heavy atom. The van der Waals surface area contributed by atoms with Gasteiger partial charge in [0, 0.05) is 20.6 Å². The third-order valence-corrected chi connectivity index (χ3v) is 5.68. The predicted molar refractivity (Wildman–Crippen MR) is 129 cm³/mol. The molecule has 0 bridgehead atoms. The molecule has 168 valence electrons. The molecule has 0 aromatic heterocycles. The van der Waals surface area contributed by atoms with Crippen molar-refractivity contribution in [3.8, 4) is 11.5 Å². The lowest BCUT2D eigenvalue weighted by Gasteiger charge is -2.14. The summed E-state index contributed by atoms with van der Waals surface area (Å²) in [4.78, 5) is 25.3. The number of hydrazine groups is 1. The van der Waals surface area contributed by atoms with Gasteiger partial charge in [0.1, 0.15) is 12.2 Å². The molecule has 0 aliphatic carbocycles. The van der Waals surface area contributed by atoms with Crippen molar-refractivity contribution in [3.63, 3.8) is 0 Å². The average Bonchev–Trinajstić information content (AvgIpc) is 3.07. The van der Waals surface area contributed by atoms with E-state index < -0.39 is 11.8 Å². The van der Waals surface area contributed by atoms with Crippen LogP contribution in [0.1, 0.15) is 11.1 Å². The van der Waals surface area contributed by atoms with Crippen LogP contribution >= 0.6 is 34.8 Å². The Morgan fingerprint density at radius 1 is 0.939 bits per heavy atom. The zero-order chi connectivity index (χ0) is 23.5. The summed E-state index contributed by atoms with van der Waals surface area (Å²) in [5.74, 6) is -0.0870. The summed E-state index contributed by atoms with van der Waals surface area (Å²) >= 11 is 18.1. The number of methoxy groups -OCH3 is 1. The lowest BCUT2D eigenvalue weighted by molar-refractivity contribution is -0.117. The Labute approximate surface area is 205 Å². The molecule has 1 heterocycles. The smallest absolute Gasteiger partial charge is 0.282 e. The van der Waals surface area contributed by atoms with Gasteiger partial charge in [-0.25, -0.2) is 5.01 Å². The normalized spacial score (nSPS) is 14.5. The van der Waals surface area contributed by atoms with E-state index in [4.69, 9.17) is 44.3 Å². The van der Waals surface area contributed by atoms with Crippen LogP contribution in [-0.4, -0.2) is 18.9 Å². The Hall–Kier alpha value is -3.19. The number of carbonyl (C=O) groups excluding carboxylic acids is 2. The molecule has 0 spiro atoms. The summed E-state index contributed by atoms with van der Waals surface area (Å²) in [5, 5.41) is 2.65. The van der Waals surface area contributed by atoms with Crippen molar-refractivity contribution >= 4 is 58.4 Å². The number of anilines is 1. The van der Waals surface area contributed by atoms with E-state index in [1.807, 2.05) is 0 Å². The van der Waals surface area contributed by atoms with Crippen molar-refractivity contribution in [3.05, 3.63) is 92.4 Å². The fourth-order valence-corrected chi connectivity index (χ4v) is 3.86. The second kappa shape index (κ2) is 9.75. The number of hydrogen-bond donors (Lipinski definition) is 1. The maximum absolute atomic E-state index is 12.8. The molecule has 1 aliphatic heterocycles. The van der Waals surface area contributed by atoms with Crippen LogP contribution in [0, 0.1) is 0 Å². The lowest BCUT2D eigenvalue weighted by atomic mass is 10.1. The van der Waals surface area contributed by atoms with Crippen molar-refractivity contribution in [2.75, 3.05) is 12.1 Å². The van der Waals surface area contributed by atoms with Crippen LogP contribution in [0.5, 0.6) is 11.5 Å². The SMILES string of the molecule is COc1cc(/C=C2/C(=O)NN(c3cccc(Cl)c3)C2=O)ccc1OCc1ccc(Cl)cc1Cl. The topological polar surface area (TPSA) is 67.9 Å². The molecule has 0 unspecified atom stereocenters. The van der Waals surface area contributed by atoms with E-state index in [1.165, 1.54) is 13.2 Å². The monoisotopic (exact) mass is 502 g/mol. The standard InChI is InChI=1S/C24H17Cl3N2O4/c1-32-22-10-14(5-8-21(22)33-13-15-6-7-17(26)12-20(15)27)9-19-23(30)28-29(24(19)31)18-4-2-3-16(25)11-18/h2-12H,13H2,1H3,(H,28,30)/b19-9-. The first-order valence-corrected chi connectivity index (χ1v) is 10.9. The minimum absolute atomic E-state index is 0.0151. The van der Waals surface area contributed by atoms with Gasteiger partial charge in [-0.05, 0) is 54.1 Å². The molecule has 0 atom stereocenters. The van der Waals surface area contributed by atoms with Crippen LogP contribution in [0.25, 0.3) is 6.08 Å². The minimum atomic E-state index is -0.517. The molecule has 1 aliphatic rings. The molecular weight excluding hydrogens is 487 g/mol.